The van der Waals surface area contributed by atoms with Crippen LogP contribution in [0, 0.1) is 0 Å². The molecule has 1 aliphatic heterocycles. The Hall–Kier alpha value is -1.00. The summed E-state index contributed by atoms with van der Waals surface area (Å²) < 4.78 is 5.23. The summed E-state index contributed by atoms with van der Waals surface area (Å²) in [6, 6.07) is 7.75. The number of hydrogen-bond donors (Lipinski definition) is 0. The van der Waals surface area contributed by atoms with Crippen LogP contribution in [0.4, 0.5) is 0 Å². The molecular formula is C14H21NO2S. The van der Waals surface area contributed by atoms with Crippen LogP contribution in [0.25, 0.3) is 0 Å². The highest BCUT2D eigenvalue weighted by molar-refractivity contribution is 7.98. The molecule has 0 aromatic heterocycles. The number of ether oxygens (including phenoxy) is 1. The largest absolute Gasteiger partial charge is 0.378 e. The second-order valence-electron chi connectivity index (χ2n) is 3.63. The fraction of sp³-hybridized carbons (Fsp3) is 0.500. The first-order chi connectivity index (χ1) is 8.81. The SMILES string of the molecule is CC.CSc1ccc(C(=O)N2CCOCC2)cc1. The van der Waals surface area contributed by atoms with Gasteiger partial charge in [-0.2, -0.15) is 0 Å². The van der Waals surface area contributed by atoms with Crippen molar-refractivity contribution in [2.24, 2.45) is 0 Å². The molecule has 1 aromatic rings. The fourth-order valence-electron chi connectivity index (χ4n) is 1.68. The number of benzene rings is 1. The van der Waals surface area contributed by atoms with E-state index in [1.165, 1.54) is 4.90 Å². The van der Waals surface area contributed by atoms with Crippen LogP contribution in [0.3, 0.4) is 0 Å². The van der Waals surface area contributed by atoms with E-state index in [2.05, 4.69) is 0 Å². The molecule has 1 aromatic carbocycles. The summed E-state index contributed by atoms with van der Waals surface area (Å²) in [6.45, 7) is 6.69. The minimum absolute atomic E-state index is 0.107. The van der Waals surface area contributed by atoms with Crippen LogP contribution in [0.1, 0.15) is 24.2 Å². The van der Waals surface area contributed by atoms with Crippen molar-refractivity contribution in [3.8, 4) is 0 Å². The number of thioether (sulfide) groups is 1. The van der Waals surface area contributed by atoms with Gasteiger partial charge in [-0.3, -0.25) is 4.79 Å². The molecule has 1 heterocycles. The third kappa shape index (κ3) is 4.03. The lowest BCUT2D eigenvalue weighted by Crippen LogP contribution is -2.40. The number of hydrogen-bond acceptors (Lipinski definition) is 3. The molecule has 1 amide bonds. The van der Waals surface area contributed by atoms with E-state index in [0.717, 1.165) is 5.56 Å². The van der Waals surface area contributed by atoms with Crippen molar-refractivity contribution in [3.63, 3.8) is 0 Å². The molecular weight excluding hydrogens is 246 g/mol. The maximum Gasteiger partial charge on any atom is 0.254 e. The molecule has 3 nitrogen and oxygen atoms in total. The summed E-state index contributed by atoms with van der Waals surface area (Å²) in [5, 5.41) is 0. The maximum absolute atomic E-state index is 12.1. The van der Waals surface area contributed by atoms with Crippen molar-refractivity contribution in [3.05, 3.63) is 29.8 Å². The normalized spacial score (nSPS) is 14.7. The van der Waals surface area contributed by atoms with Crippen LogP contribution in [-0.2, 0) is 4.74 Å². The van der Waals surface area contributed by atoms with E-state index in [4.69, 9.17) is 4.74 Å². The first-order valence-corrected chi connectivity index (χ1v) is 7.55. The van der Waals surface area contributed by atoms with E-state index < -0.39 is 0 Å². The van der Waals surface area contributed by atoms with Gasteiger partial charge in [0, 0.05) is 23.5 Å². The summed E-state index contributed by atoms with van der Waals surface area (Å²) >= 11 is 1.68. The third-order valence-corrected chi connectivity index (χ3v) is 3.38. The van der Waals surface area contributed by atoms with E-state index in [9.17, 15) is 4.79 Å². The summed E-state index contributed by atoms with van der Waals surface area (Å²) in [4.78, 5) is 15.1. The van der Waals surface area contributed by atoms with Gasteiger partial charge in [-0.15, -0.1) is 11.8 Å². The van der Waals surface area contributed by atoms with Crippen molar-refractivity contribution in [2.75, 3.05) is 32.6 Å². The van der Waals surface area contributed by atoms with Crippen molar-refractivity contribution in [1.29, 1.82) is 0 Å². The van der Waals surface area contributed by atoms with Crippen LogP contribution in [0.5, 0.6) is 0 Å². The summed E-state index contributed by atoms with van der Waals surface area (Å²) in [6.07, 6.45) is 2.03. The predicted octanol–water partition coefficient (Wildman–Crippen LogP) is 2.91. The van der Waals surface area contributed by atoms with Gasteiger partial charge in [-0.25, -0.2) is 0 Å². The average molecular weight is 267 g/mol. The lowest BCUT2D eigenvalue weighted by atomic mass is 10.2. The van der Waals surface area contributed by atoms with Gasteiger partial charge < -0.3 is 9.64 Å². The minimum atomic E-state index is 0.107. The molecule has 2 rings (SSSR count). The molecule has 0 spiro atoms. The number of carbonyl (C=O) groups excluding carboxylic acids is 1. The minimum Gasteiger partial charge on any atom is -0.378 e. The zero-order valence-electron chi connectivity index (χ0n) is 11.3. The average Bonchev–Trinajstić information content (AvgIpc) is 2.49. The van der Waals surface area contributed by atoms with Crippen LogP contribution >= 0.6 is 11.8 Å². The zero-order valence-corrected chi connectivity index (χ0v) is 12.1. The smallest absolute Gasteiger partial charge is 0.254 e. The Labute approximate surface area is 114 Å². The molecule has 0 aliphatic carbocycles. The second-order valence-corrected chi connectivity index (χ2v) is 4.51. The van der Waals surface area contributed by atoms with Crippen LogP contribution < -0.4 is 0 Å². The van der Waals surface area contributed by atoms with Gasteiger partial charge in [0.05, 0.1) is 13.2 Å². The highest BCUT2D eigenvalue weighted by Gasteiger charge is 2.17. The molecule has 100 valence electrons. The molecule has 1 saturated heterocycles. The summed E-state index contributed by atoms with van der Waals surface area (Å²) in [5.41, 5.74) is 0.764. The zero-order chi connectivity index (χ0) is 13.4. The van der Waals surface area contributed by atoms with E-state index in [0.29, 0.717) is 26.3 Å². The molecule has 0 atom stereocenters. The Morgan fingerprint density at radius 3 is 2.22 bits per heavy atom. The number of rotatable bonds is 2. The third-order valence-electron chi connectivity index (χ3n) is 2.64. The number of morpholine rings is 1. The van der Waals surface area contributed by atoms with Gasteiger partial charge in [0.2, 0.25) is 0 Å². The standard InChI is InChI=1S/C12H15NO2S.C2H6/c1-16-11-4-2-10(3-5-11)12(14)13-6-8-15-9-7-13;1-2/h2-5H,6-9H2,1H3;1-2H3. The van der Waals surface area contributed by atoms with E-state index in [1.54, 1.807) is 11.8 Å². The molecule has 0 N–H and O–H groups in total. The first kappa shape index (κ1) is 15.1. The van der Waals surface area contributed by atoms with Gasteiger partial charge in [0.25, 0.3) is 5.91 Å². The van der Waals surface area contributed by atoms with Gasteiger partial charge in [0.1, 0.15) is 0 Å². The van der Waals surface area contributed by atoms with Crippen molar-refractivity contribution < 1.29 is 9.53 Å². The second kappa shape index (κ2) is 8.16. The van der Waals surface area contributed by atoms with E-state index in [1.807, 2.05) is 49.3 Å². The van der Waals surface area contributed by atoms with Crippen molar-refractivity contribution in [2.45, 2.75) is 18.7 Å². The molecule has 0 radical (unpaired) electrons. The Morgan fingerprint density at radius 1 is 1.17 bits per heavy atom. The molecule has 0 unspecified atom stereocenters. The van der Waals surface area contributed by atoms with Crippen molar-refractivity contribution >= 4 is 17.7 Å². The van der Waals surface area contributed by atoms with Gasteiger partial charge in [0.15, 0.2) is 0 Å². The maximum atomic E-state index is 12.1. The van der Waals surface area contributed by atoms with Gasteiger partial charge in [-0.05, 0) is 30.5 Å². The number of amides is 1. The summed E-state index contributed by atoms with van der Waals surface area (Å²) in [7, 11) is 0. The topological polar surface area (TPSA) is 29.5 Å². The lowest BCUT2D eigenvalue weighted by molar-refractivity contribution is 0.0303. The molecule has 1 fully saturated rings. The molecule has 0 bridgehead atoms. The van der Waals surface area contributed by atoms with Gasteiger partial charge in [-0.1, -0.05) is 13.8 Å². The van der Waals surface area contributed by atoms with Crippen LogP contribution in [-0.4, -0.2) is 43.4 Å². The molecule has 1 aliphatic rings. The Bertz CT molecular complexity index is 359. The van der Waals surface area contributed by atoms with Crippen LogP contribution in [0.15, 0.2) is 29.2 Å². The highest BCUT2D eigenvalue weighted by atomic mass is 32.2. The fourth-order valence-corrected chi connectivity index (χ4v) is 2.09. The molecule has 4 heteroatoms. The van der Waals surface area contributed by atoms with Crippen LogP contribution in [0.2, 0.25) is 0 Å². The van der Waals surface area contributed by atoms with E-state index >= 15 is 0 Å². The Kier molecular flexibility index (Phi) is 6.83. The molecule has 0 saturated carbocycles. The molecule has 18 heavy (non-hydrogen) atoms. The number of carbonyl (C=O) groups is 1. The lowest BCUT2D eigenvalue weighted by Gasteiger charge is -2.26. The van der Waals surface area contributed by atoms with E-state index in [-0.39, 0.29) is 5.91 Å². The quantitative estimate of drug-likeness (QED) is 0.772. The Balaban J connectivity index is 0.000000771. The Morgan fingerprint density at radius 2 is 1.72 bits per heavy atom. The monoisotopic (exact) mass is 267 g/mol. The number of nitrogens with zero attached hydrogens (tertiary/aromatic N) is 1. The predicted molar refractivity (Wildman–Crippen MR) is 76.3 cm³/mol. The summed E-state index contributed by atoms with van der Waals surface area (Å²) in [5.74, 6) is 0.107. The van der Waals surface area contributed by atoms with Gasteiger partial charge >= 0.3 is 0 Å². The highest BCUT2D eigenvalue weighted by Crippen LogP contribution is 2.16. The van der Waals surface area contributed by atoms with Crippen molar-refractivity contribution in [1.82, 2.24) is 4.90 Å². The first-order valence-electron chi connectivity index (χ1n) is 6.32.